The first kappa shape index (κ1) is 26.7. The van der Waals surface area contributed by atoms with Crippen molar-refractivity contribution in [2.45, 2.75) is 83.3 Å². The van der Waals surface area contributed by atoms with Crippen LogP contribution < -0.4 is 9.47 Å². The Morgan fingerprint density at radius 2 is 1.83 bits per heavy atom. The average molecular weight is 503 g/mol. The summed E-state index contributed by atoms with van der Waals surface area (Å²) >= 11 is 0. The zero-order chi connectivity index (χ0) is 25.5. The van der Waals surface area contributed by atoms with Crippen molar-refractivity contribution in [2.24, 2.45) is 5.92 Å². The Bertz CT molecular complexity index is 879. The smallest absolute Gasteiger partial charge is 0.308 e. The summed E-state index contributed by atoms with van der Waals surface area (Å²) in [4.78, 5) is 30.2. The number of carboxylic acid groups (broad SMARTS) is 1. The molecule has 0 radical (unpaired) electrons. The minimum Gasteiger partial charge on any atom is -0.481 e. The SMILES string of the molecule is CCCCN(CCCC)C(=O)CN1C[C@H](c2ccc3c(c2)OCO3)[C@@H](C(=O)O)[C@@H]1CCC1CCCO1. The lowest BCUT2D eigenvalue weighted by Crippen LogP contribution is -2.45. The van der Waals surface area contributed by atoms with Gasteiger partial charge >= 0.3 is 5.97 Å². The van der Waals surface area contributed by atoms with Crippen molar-refractivity contribution < 1.29 is 28.9 Å². The van der Waals surface area contributed by atoms with Gasteiger partial charge in [-0.2, -0.15) is 0 Å². The predicted molar refractivity (Wildman–Crippen MR) is 136 cm³/mol. The van der Waals surface area contributed by atoms with Crippen molar-refractivity contribution in [3.8, 4) is 11.5 Å². The Labute approximate surface area is 214 Å². The number of aliphatic carboxylic acids is 1. The Kier molecular flexibility index (Phi) is 9.48. The van der Waals surface area contributed by atoms with Gasteiger partial charge in [0.15, 0.2) is 11.5 Å². The lowest BCUT2D eigenvalue weighted by molar-refractivity contribution is -0.144. The second-order valence-corrected chi connectivity index (χ2v) is 10.4. The van der Waals surface area contributed by atoms with Crippen LogP contribution in [0.4, 0.5) is 0 Å². The van der Waals surface area contributed by atoms with Crippen molar-refractivity contribution in [2.75, 3.05) is 39.6 Å². The number of hydrogen-bond acceptors (Lipinski definition) is 6. The van der Waals surface area contributed by atoms with Gasteiger partial charge in [0.25, 0.3) is 0 Å². The normalized spacial score (nSPS) is 25.4. The van der Waals surface area contributed by atoms with E-state index in [-0.39, 0.29) is 37.3 Å². The number of fused-ring (bicyclic) bond motifs is 1. The maximum atomic E-state index is 13.5. The van der Waals surface area contributed by atoms with Crippen LogP contribution in [-0.4, -0.2) is 78.5 Å². The summed E-state index contributed by atoms with van der Waals surface area (Å²) in [6.07, 6.45) is 7.84. The van der Waals surface area contributed by atoms with Gasteiger partial charge in [-0.3, -0.25) is 14.5 Å². The van der Waals surface area contributed by atoms with E-state index in [4.69, 9.17) is 14.2 Å². The van der Waals surface area contributed by atoms with Crippen LogP contribution >= 0.6 is 0 Å². The molecule has 0 aromatic heterocycles. The second-order valence-electron chi connectivity index (χ2n) is 10.4. The zero-order valence-electron chi connectivity index (χ0n) is 21.8. The molecule has 3 aliphatic heterocycles. The van der Waals surface area contributed by atoms with Gasteiger partial charge in [-0.05, 0) is 56.2 Å². The van der Waals surface area contributed by atoms with E-state index >= 15 is 0 Å². The molecular weight excluding hydrogens is 460 g/mol. The Morgan fingerprint density at radius 3 is 2.50 bits per heavy atom. The van der Waals surface area contributed by atoms with Crippen molar-refractivity contribution in [3.05, 3.63) is 23.8 Å². The molecule has 8 heteroatoms. The number of carboxylic acids is 1. The molecule has 2 fully saturated rings. The lowest BCUT2D eigenvalue weighted by atomic mass is 9.83. The van der Waals surface area contributed by atoms with E-state index in [9.17, 15) is 14.7 Å². The number of amides is 1. The van der Waals surface area contributed by atoms with E-state index in [2.05, 4.69) is 18.7 Å². The molecule has 4 atom stereocenters. The fourth-order valence-corrected chi connectivity index (χ4v) is 5.90. The van der Waals surface area contributed by atoms with Crippen LogP contribution in [0.2, 0.25) is 0 Å². The van der Waals surface area contributed by atoms with Crippen LogP contribution in [0, 0.1) is 5.92 Å². The molecule has 0 saturated carbocycles. The van der Waals surface area contributed by atoms with E-state index in [1.54, 1.807) is 0 Å². The van der Waals surface area contributed by atoms with E-state index in [0.29, 0.717) is 24.5 Å². The monoisotopic (exact) mass is 502 g/mol. The molecule has 36 heavy (non-hydrogen) atoms. The second kappa shape index (κ2) is 12.8. The summed E-state index contributed by atoms with van der Waals surface area (Å²) in [6.45, 7) is 7.55. The molecule has 0 bridgehead atoms. The van der Waals surface area contributed by atoms with Gasteiger partial charge in [-0.15, -0.1) is 0 Å². The average Bonchev–Trinajstić information content (AvgIpc) is 3.62. The predicted octanol–water partition coefficient (Wildman–Crippen LogP) is 4.27. The van der Waals surface area contributed by atoms with Crippen molar-refractivity contribution in [1.29, 1.82) is 0 Å². The number of hydrogen-bond donors (Lipinski definition) is 1. The van der Waals surface area contributed by atoms with E-state index < -0.39 is 11.9 Å². The Morgan fingerprint density at radius 1 is 1.08 bits per heavy atom. The summed E-state index contributed by atoms with van der Waals surface area (Å²) in [6, 6.07) is 5.51. The molecule has 1 aromatic rings. The summed E-state index contributed by atoms with van der Waals surface area (Å²) in [5, 5.41) is 10.4. The first-order chi connectivity index (χ1) is 17.5. The molecule has 3 heterocycles. The number of nitrogens with zero attached hydrogens (tertiary/aromatic N) is 2. The number of ether oxygens (including phenoxy) is 3. The van der Waals surface area contributed by atoms with Gasteiger partial charge in [0.2, 0.25) is 12.7 Å². The first-order valence-corrected chi connectivity index (χ1v) is 13.8. The molecule has 1 unspecified atom stereocenters. The highest BCUT2D eigenvalue weighted by atomic mass is 16.7. The van der Waals surface area contributed by atoms with Gasteiger partial charge in [-0.1, -0.05) is 32.8 Å². The third kappa shape index (κ3) is 6.32. The molecule has 3 aliphatic rings. The topological polar surface area (TPSA) is 88.5 Å². The van der Waals surface area contributed by atoms with E-state index in [0.717, 1.165) is 70.2 Å². The molecule has 8 nitrogen and oxygen atoms in total. The van der Waals surface area contributed by atoms with E-state index in [1.165, 1.54) is 0 Å². The molecule has 1 amide bonds. The highest BCUT2D eigenvalue weighted by Crippen LogP contribution is 2.43. The number of carbonyl (C=O) groups is 2. The Hall–Kier alpha value is -2.32. The fraction of sp³-hybridized carbons (Fsp3) is 0.714. The maximum absolute atomic E-state index is 13.5. The first-order valence-electron chi connectivity index (χ1n) is 13.8. The number of benzene rings is 1. The van der Waals surface area contributed by atoms with Crippen LogP contribution in [0.1, 0.15) is 76.7 Å². The standard InChI is InChI=1S/C28H42N2O6/c1-3-5-13-29(14-6-4-2)26(31)18-30-17-22(20-9-12-24-25(16-20)36-19-35-24)27(28(32)33)23(30)11-10-21-8-7-15-34-21/h9,12,16,21-23,27H,3-8,10-11,13-15,17-19H2,1-2H3,(H,32,33)/t21?,22-,23+,27-/m1/s1. The number of unbranched alkanes of at least 4 members (excludes halogenated alkanes) is 2. The highest BCUT2D eigenvalue weighted by molar-refractivity contribution is 5.79. The minimum atomic E-state index is -0.807. The third-order valence-electron chi connectivity index (χ3n) is 7.92. The number of carbonyl (C=O) groups excluding carboxylic acids is 1. The van der Waals surface area contributed by atoms with Gasteiger partial charge in [0.05, 0.1) is 18.6 Å². The van der Waals surface area contributed by atoms with Crippen LogP contribution in [0.15, 0.2) is 18.2 Å². The number of rotatable bonds is 13. The minimum absolute atomic E-state index is 0.106. The van der Waals surface area contributed by atoms with Gasteiger partial charge in [0.1, 0.15) is 0 Å². The third-order valence-corrected chi connectivity index (χ3v) is 7.92. The zero-order valence-corrected chi connectivity index (χ0v) is 21.8. The van der Waals surface area contributed by atoms with Crippen molar-refractivity contribution in [3.63, 3.8) is 0 Å². The molecule has 200 valence electrons. The summed E-state index contributed by atoms with van der Waals surface area (Å²) in [5.74, 6) is -0.174. The molecular formula is C28H42N2O6. The quantitative estimate of drug-likeness (QED) is 0.431. The summed E-state index contributed by atoms with van der Waals surface area (Å²) in [5.41, 5.74) is 0.928. The number of likely N-dealkylation sites (tertiary alicyclic amines) is 1. The van der Waals surface area contributed by atoms with Crippen molar-refractivity contribution >= 4 is 11.9 Å². The molecule has 2 saturated heterocycles. The van der Waals surface area contributed by atoms with Crippen LogP contribution in [-0.2, 0) is 14.3 Å². The molecule has 1 aromatic carbocycles. The lowest BCUT2D eigenvalue weighted by Gasteiger charge is -2.30. The van der Waals surface area contributed by atoms with Gasteiger partial charge in [-0.25, -0.2) is 0 Å². The maximum Gasteiger partial charge on any atom is 0.308 e. The summed E-state index contributed by atoms with van der Waals surface area (Å²) in [7, 11) is 0. The fourth-order valence-electron chi connectivity index (χ4n) is 5.90. The van der Waals surface area contributed by atoms with Crippen LogP contribution in [0.3, 0.4) is 0 Å². The van der Waals surface area contributed by atoms with Gasteiger partial charge in [0, 0.05) is 38.2 Å². The Balaban J connectivity index is 1.55. The highest BCUT2D eigenvalue weighted by Gasteiger charge is 2.47. The van der Waals surface area contributed by atoms with Gasteiger partial charge < -0.3 is 24.2 Å². The van der Waals surface area contributed by atoms with Crippen LogP contribution in [0.5, 0.6) is 11.5 Å². The molecule has 1 N–H and O–H groups in total. The molecule has 4 rings (SSSR count). The largest absolute Gasteiger partial charge is 0.481 e. The van der Waals surface area contributed by atoms with Crippen LogP contribution in [0.25, 0.3) is 0 Å². The molecule has 0 spiro atoms. The van der Waals surface area contributed by atoms with E-state index in [1.807, 2.05) is 23.1 Å². The molecule has 0 aliphatic carbocycles. The summed E-state index contributed by atoms with van der Waals surface area (Å²) < 4.78 is 16.9. The van der Waals surface area contributed by atoms with Crippen molar-refractivity contribution in [1.82, 2.24) is 9.80 Å².